The fraction of sp³-hybridized carbons (Fsp3) is 0.167. The van der Waals surface area contributed by atoms with Gasteiger partial charge in [-0.05, 0) is 77.7 Å². The molecule has 0 radical (unpaired) electrons. The van der Waals surface area contributed by atoms with Gasteiger partial charge in [0, 0.05) is 16.5 Å². The van der Waals surface area contributed by atoms with E-state index in [-0.39, 0.29) is 18.7 Å². The lowest BCUT2D eigenvalue weighted by molar-refractivity contribution is 0.572. The Hall–Kier alpha value is -4.02. The fourth-order valence-electron chi connectivity index (χ4n) is 3.95. The van der Waals surface area contributed by atoms with Gasteiger partial charge in [0.15, 0.2) is 0 Å². The topological polar surface area (TPSA) is 23.8 Å². The van der Waals surface area contributed by atoms with Crippen LogP contribution in [0.3, 0.4) is 0 Å². The second-order valence-electron chi connectivity index (χ2n) is 8.22. The summed E-state index contributed by atoms with van der Waals surface area (Å²) in [6.45, 7) is 2.15. The zero-order valence-electron chi connectivity index (χ0n) is 18.8. The number of fused-ring (bicyclic) bond motifs is 1. The van der Waals surface area contributed by atoms with E-state index in [0.29, 0.717) is 16.5 Å². The van der Waals surface area contributed by atoms with Crippen molar-refractivity contribution in [2.24, 2.45) is 0 Å². The number of nitrogens with zero attached hydrogens (tertiary/aromatic N) is 1. The summed E-state index contributed by atoms with van der Waals surface area (Å²) in [5.74, 6) is 4.14. The maximum absolute atomic E-state index is 15.1. The van der Waals surface area contributed by atoms with E-state index in [1.54, 1.807) is 18.2 Å². The number of rotatable bonds is 5. The molecular weight excluding hydrogens is 431 g/mol. The Bertz CT molecular complexity index is 1430. The van der Waals surface area contributed by atoms with Crippen LogP contribution in [0.5, 0.6) is 0 Å². The molecule has 34 heavy (non-hydrogen) atoms. The van der Waals surface area contributed by atoms with Gasteiger partial charge in [-0.3, -0.25) is 0 Å². The molecule has 0 amide bonds. The molecule has 0 aliphatic heterocycles. The molecule has 0 spiro atoms. The normalized spacial score (nSPS) is 10.6. The summed E-state index contributed by atoms with van der Waals surface area (Å²) in [4.78, 5) is 0. The highest BCUT2D eigenvalue weighted by Gasteiger charge is 2.12. The lowest BCUT2D eigenvalue weighted by atomic mass is 9.98. The fourth-order valence-corrected chi connectivity index (χ4v) is 3.95. The van der Waals surface area contributed by atoms with E-state index >= 15 is 4.39 Å². The second kappa shape index (κ2) is 10.3. The number of hydrogen-bond acceptors (Lipinski definition) is 1. The van der Waals surface area contributed by atoms with Crippen molar-refractivity contribution in [2.75, 3.05) is 0 Å². The monoisotopic (exact) mass is 453 g/mol. The van der Waals surface area contributed by atoms with Crippen LogP contribution >= 0.6 is 0 Å². The molecule has 0 aliphatic rings. The predicted molar refractivity (Wildman–Crippen MR) is 129 cm³/mol. The summed E-state index contributed by atoms with van der Waals surface area (Å²) < 4.78 is 42.8. The average Bonchev–Trinajstić information content (AvgIpc) is 2.83. The van der Waals surface area contributed by atoms with Crippen molar-refractivity contribution >= 4 is 10.8 Å². The Labute approximate surface area is 197 Å². The van der Waals surface area contributed by atoms with Crippen molar-refractivity contribution in [1.82, 2.24) is 0 Å². The van der Waals surface area contributed by atoms with Gasteiger partial charge in [-0.25, -0.2) is 13.2 Å². The van der Waals surface area contributed by atoms with Gasteiger partial charge in [-0.1, -0.05) is 55.5 Å². The number of hydrogen-bond donors (Lipinski definition) is 0. The largest absolute Gasteiger partial charge is 0.206 e. The van der Waals surface area contributed by atoms with E-state index in [4.69, 9.17) is 5.26 Å². The van der Waals surface area contributed by atoms with Crippen LogP contribution in [0.1, 0.15) is 46.7 Å². The molecule has 0 aliphatic carbocycles. The SMILES string of the molecule is CCCc1ccc(C#Cc2ccc3c(F)c(CCc4cc(F)c(C#N)c(F)c4)ccc3c2)cc1. The van der Waals surface area contributed by atoms with Crippen LogP contribution in [0.2, 0.25) is 0 Å². The summed E-state index contributed by atoms with van der Waals surface area (Å²) in [6, 6.07) is 20.8. The van der Waals surface area contributed by atoms with Crippen molar-refractivity contribution in [2.45, 2.75) is 32.6 Å². The minimum atomic E-state index is -0.901. The minimum absolute atomic E-state index is 0.253. The van der Waals surface area contributed by atoms with Gasteiger partial charge >= 0.3 is 0 Å². The van der Waals surface area contributed by atoms with Crippen molar-refractivity contribution in [1.29, 1.82) is 5.26 Å². The lowest BCUT2D eigenvalue weighted by Crippen LogP contribution is -1.99. The number of benzene rings is 4. The first kappa shape index (κ1) is 23.1. The maximum Gasteiger partial charge on any atom is 0.144 e. The van der Waals surface area contributed by atoms with Gasteiger partial charge in [-0.2, -0.15) is 5.26 Å². The summed E-state index contributed by atoms with van der Waals surface area (Å²) in [7, 11) is 0. The molecule has 0 fully saturated rings. The first-order valence-electron chi connectivity index (χ1n) is 11.2. The third-order valence-corrected chi connectivity index (χ3v) is 5.77. The molecule has 4 aromatic carbocycles. The molecule has 168 valence electrons. The van der Waals surface area contributed by atoms with Gasteiger partial charge in [-0.15, -0.1) is 0 Å². The van der Waals surface area contributed by atoms with Crippen LogP contribution < -0.4 is 0 Å². The standard InChI is InChI=1S/C30H22F3N/c1-2-3-20-4-6-21(7-5-20)8-9-22-11-15-26-25(16-22)14-13-24(30(26)33)12-10-23-17-28(31)27(19-34)29(32)18-23/h4-7,11,13-18H,2-3,10,12H2,1H3. The van der Waals surface area contributed by atoms with Gasteiger partial charge in [0.1, 0.15) is 29.1 Å². The van der Waals surface area contributed by atoms with E-state index in [1.165, 1.54) is 11.6 Å². The first-order valence-corrected chi connectivity index (χ1v) is 11.2. The molecule has 0 N–H and O–H groups in total. The Morgan fingerprint density at radius 2 is 1.38 bits per heavy atom. The van der Waals surface area contributed by atoms with Crippen LogP contribution in [-0.2, 0) is 19.3 Å². The molecule has 0 heterocycles. The summed E-state index contributed by atoms with van der Waals surface area (Å²) in [5.41, 5.74) is 3.25. The van der Waals surface area contributed by atoms with Crippen LogP contribution in [0.4, 0.5) is 13.2 Å². The van der Waals surface area contributed by atoms with Crippen LogP contribution in [0, 0.1) is 40.6 Å². The summed E-state index contributed by atoms with van der Waals surface area (Å²) in [6.07, 6.45) is 2.69. The van der Waals surface area contributed by atoms with Gasteiger partial charge < -0.3 is 0 Å². The maximum atomic E-state index is 15.1. The Kier molecular flexibility index (Phi) is 7.00. The molecule has 4 aromatic rings. The van der Waals surface area contributed by atoms with E-state index in [2.05, 4.69) is 30.9 Å². The Morgan fingerprint density at radius 1 is 0.706 bits per heavy atom. The molecule has 0 bridgehead atoms. The van der Waals surface area contributed by atoms with E-state index in [9.17, 15) is 8.78 Å². The highest BCUT2D eigenvalue weighted by atomic mass is 19.1. The second-order valence-corrected chi connectivity index (χ2v) is 8.22. The minimum Gasteiger partial charge on any atom is -0.206 e. The lowest BCUT2D eigenvalue weighted by Gasteiger charge is -2.08. The molecule has 0 aromatic heterocycles. The molecule has 1 nitrogen and oxygen atoms in total. The summed E-state index contributed by atoms with van der Waals surface area (Å²) in [5, 5.41) is 10.00. The van der Waals surface area contributed by atoms with Gasteiger partial charge in [0.2, 0.25) is 0 Å². The zero-order chi connectivity index (χ0) is 24.1. The van der Waals surface area contributed by atoms with Gasteiger partial charge in [0.25, 0.3) is 0 Å². The van der Waals surface area contributed by atoms with Crippen LogP contribution in [-0.4, -0.2) is 0 Å². The molecule has 4 rings (SSSR count). The molecule has 0 unspecified atom stereocenters. The van der Waals surface area contributed by atoms with Crippen molar-refractivity contribution < 1.29 is 13.2 Å². The number of aryl methyl sites for hydroxylation is 3. The predicted octanol–water partition coefficient (Wildman–Crippen LogP) is 7.27. The number of nitriles is 1. The van der Waals surface area contributed by atoms with Crippen molar-refractivity contribution in [3.8, 4) is 17.9 Å². The molecular formula is C30H22F3N. The molecule has 4 heteroatoms. The van der Waals surface area contributed by atoms with Crippen LogP contribution in [0.15, 0.2) is 66.7 Å². The van der Waals surface area contributed by atoms with Crippen molar-refractivity contribution in [3.63, 3.8) is 0 Å². The molecule has 0 saturated carbocycles. The van der Waals surface area contributed by atoms with E-state index < -0.39 is 17.2 Å². The third kappa shape index (κ3) is 5.13. The quantitative estimate of drug-likeness (QED) is 0.292. The molecule has 0 saturated heterocycles. The first-order chi connectivity index (χ1) is 16.5. The number of halogens is 3. The summed E-state index contributed by atoms with van der Waals surface area (Å²) >= 11 is 0. The zero-order valence-corrected chi connectivity index (χ0v) is 18.8. The van der Waals surface area contributed by atoms with Crippen molar-refractivity contribution in [3.05, 3.63) is 118 Å². The smallest absolute Gasteiger partial charge is 0.144 e. The highest BCUT2D eigenvalue weighted by molar-refractivity contribution is 5.85. The van der Waals surface area contributed by atoms with Gasteiger partial charge in [0.05, 0.1) is 0 Å². The van der Waals surface area contributed by atoms with Crippen LogP contribution in [0.25, 0.3) is 10.8 Å². The van der Waals surface area contributed by atoms with E-state index in [1.807, 2.05) is 24.3 Å². The average molecular weight is 454 g/mol. The molecule has 0 atom stereocenters. The Balaban J connectivity index is 1.52. The Morgan fingerprint density at radius 3 is 2.06 bits per heavy atom. The highest BCUT2D eigenvalue weighted by Crippen LogP contribution is 2.24. The van der Waals surface area contributed by atoms with E-state index in [0.717, 1.165) is 41.5 Å². The third-order valence-electron chi connectivity index (χ3n) is 5.77.